The molecule has 0 aliphatic heterocycles. The molecule has 1 aromatic heterocycles. The number of hydrogen-bond acceptors (Lipinski definition) is 4. The molecule has 1 atom stereocenters. The van der Waals surface area contributed by atoms with Crippen LogP contribution in [0.25, 0.3) is 0 Å². The van der Waals surface area contributed by atoms with E-state index in [0.29, 0.717) is 22.3 Å². The van der Waals surface area contributed by atoms with Crippen molar-refractivity contribution in [2.45, 2.75) is 18.9 Å². The van der Waals surface area contributed by atoms with Crippen molar-refractivity contribution in [1.82, 2.24) is 10.4 Å². The Morgan fingerprint density at radius 1 is 1.56 bits per heavy atom. The summed E-state index contributed by atoms with van der Waals surface area (Å²) in [5.41, 5.74) is 3.40. The molecule has 1 aromatic rings. The molecule has 0 saturated carbocycles. The molecule has 0 aliphatic rings. The SMILES string of the molecule is COCCCC(NN)c1ncc(Cl)cc1Cl. The highest BCUT2D eigenvalue weighted by molar-refractivity contribution is 6.34. The lowest BCUT2D eigenvalue weighted by atomic mass is 10.1. The first-order valence-electron chi connectivity index (χ1n) is 4.95. The summed E-state index contributed by atoms with van der Waals surface area (Å²) >= 11 is 11.8. The van der Waals surface area contributed by atoms with Crippen LogP contribution in [0, 0.1) is 0 Å². The molecule has 0 fully saturated rings. The van der Waals surface area contributed by atoms with Gasteiger partial charge in [0, 0.05) is 19.9 Å². The summed E-state index contributed by atoms with van der Waals surface area (Å²) in [6, 6.07) is 1.58. The highest BCUT2D eigenvalue weighted by Crippen LogP contribution is 2.25. The summed E-state index contributed by atoms with van der Waals surface area (Å²) in [5.74, 6) is 5.47. The zero-order valence-electron chi connectivity index (χ0n) is 9.04. The van der Waals surface area contributed by atoms with E-state index in [-0.39, 0.29) is 6.04 Å². The Labute approximate surface area is 105 Å². The molecule has 90 valence electrons. The molecule has 0 aromatic carbocycles. The van der Waals surface area contributed by atoms with Crippen molar-refractivity contribution in [3.8, 4) is 0 Å². The zero-order chi connectivity index (χ0) is 12.0. The first-order valence-corrected chi connectivity index (χ1v) is 5.70. The Morgan fingerprint density at radius 3 is 2.88 bits per heavy atom. The standard InChI is InChI=1S/C10H15Cl2N3O/c1-16-4-2-3-9(15-13)10-8(12)5-7(11)6-14-10/h5-6,9,15H,2-4,13H2,1H3. The minimum absolute atomic E-state index is 0.0834. The highest BCUT2D eigenvalue weighted by Gasteiger charge is 2.14. The van der Waals surface area contributed by atoms with E-state index in [1.54, 1.807) is 19.4 Å². The van der Waals surface area contributed by atoms with Crippen molar-refractivity contribution in [2.75, 3.05) is 13.7 Å². The van der Waals surface area contributed by atoms with Gasteiger partial charge in [-0.2, -0.15) is 0 Å². The van der Waals surface area contributed by atoms with Crippen LogP contribution in [-0.2, 0) is 4.74 Å². The number of aromatic nitrogens is 1. The maximum atomic E-state index is 6.04. The van der Waals surface area contributed by atoms with E-state index in [9.17, 15) is 0 Å². The van der Waals surface area contributed by atoms with Crippen LogP contribution in [0.2, 0.25) is 10.0 Å². The van der Waals surface area contributed by atoms with Crippen molar-refractivity contribution in [3.63, 3.8) is 0 Å². The molecular weight excluding hydrogens is 249 g/mol. The third-order valence-electron chi connectivity index (χ3n) is 2.21. The molecule has 1 heterocycles. The Balaban J connectivity index is 2.70. The normalized spacial score (nSPS) is 12.8. The topological polar surface area (TPSA) is 60.2 Å². The van der Waals surface area contributed by atoms with Crippen molar-refractivity contribution in [1.29, 1.82) is 0 Å². The van der Waals surface area contributed by atoms with Crippen molar-refractivity contribution < 1.29 is 4.74 Å². The fraction of sp³-hybridized carbons (Fsp3) is 0.500. The van der Waals surface area contributed by atoms with E-state index in [0.717, 1.165) is 12.8 Å². The maximum absolute atomic E-state index is 6.04. The number of methoxy groups -OCH3 is 1. The second-order valence-electron chi connectivity index (χ2n) is 3.37. The van der Waals surface area contributed by atoms with E-state index in [4.69, 9.17) is 33.8 Å². The van der Waals surface area contributed by atoms with Gasteiger partial charge in [-0.3, -0.25) is 16.3 Å². The predicted octanol–water partition coefficient (Wildman–Crippen LogP) is 2.32. The first-order chi connectivity index (χ1) is 7.69. The van der Waals surface area contributed by atoms with Crippen LogP contribution in [-0.4, -0.2) is 18.7 Å². The molecule has 6 heteroatoms. The monoisotopic (exact) mass is 263 g/mol. The lowest BCUT2D eigenvalue weighted by molar-refractivity contribution is 0.188. The van der Waals surface area contributed by atoms with Gasteiger partial charge < -0.3 is 4.74 Å². The number of ether oxygens (including phenoxy) is 1. The first kappa shape index (κ1) is 13.7. The number of nitrogens with zero attached hydrogens (tertiary/aromatic N) is 1. The fourth-order valence-electron chi connectivity index (χ4n) is 1.41. The lowest BCUT2D eigenvalue weighted by Gasteiger charge is -2.16. The van der Waals surface area contributed by atoms with Crippen molar-refractivity contribution >= 4 is 23.2 Å². The quantitative estimate of drug-likeness (QED) is 0.470. The predicted molar refractivity (Wildman–Crippen MR) is 65.4 cm³/mol. The Bertz CT molecular complexity index is 336. The van der Waals surface area contributed by atoms with Gasteiger partial charge in [0.05, 0.1) is 21.8 Å². The molecule has 4 nitrogen and oxygen atoms in total. The van der Waals surface area contributed by atoms with Crippen LogP contribution >= 0.6 is 23.2 Å². The fourth-order valence-corrected chi connectivity index (χ4v) is 1.92. The smallest absolute Gasteiger partial charge is 0.0773 e. The largest absolute Gasteiger partial charge is 0.385 e. The van der Waals surface area contributed by atoms with Gasteiger partial charge in [-0.25, -0.2) is 0 Å². The minimum atomic E-state index is -0.0834. The van der Waals surface area contributed by atoms with Crippen LogP contribution in [0.1, 0.15) is 24.6 Å². The van der Waals surface area contributed by atoms with E-state index in [1.165, 1.54) is 0 Å². The van der Waals surface area contributed by atoms with Gasteiger partial charge in [-0.15, -0.1) is 0 Å². The summed E-state index contributed by atoms with van der Waals surface area (Å²) in [5, 5.41) is 1.04. The maximum Gasteiger partial charge on any atom is 0.0773 e. The molecule has 0 saturated heterocycles. The number of rotatable bonds is 6. The number of halogens is 2. The average molecular weight is 264 g/mol. The van der Waals surface area contributed by atoms with Crippen LogP contribution < -0.4 is 11.3 Å². The average Bonchev–Trinajstić information content (AvgIpc) is 2.26. The molecular formula is C10H15Cl2N3O. The minimum Gasteiger partial charge on any atom is -0.385 e. The summed E-state index contributed by atoms with van der Waals surface area (Å²) in [6.45, 7) is 0.684. The molecule has 16 heavy (non-hydrogen) atoms. The zero-order valence-corrected chi connectivity index (χ0v) is 10.6. The number of nitrogens with two attached hydrogens (primary N) is 1. The third kappa shape index (κ3) is 3.88. The van der Waals surface area contributed by atoms with Gasteiger partial charge in [-0.1, -0.05) is 23.2 Å². The van der Waals surface area contributed by atoms with Gasteiger partial charge in [0.15, 0.2) is 0 Å². The second-order valence-corrected chi connectivity index (χ2v) is 4.22. The Morgan fingerprint density at radius 2 is 2.31 bits per heavy atom. The van der Waals surface area contributed by atoms with E-state index >= 15 is 0 Å². The van der Waals surface area contributed by atoms with Crippen LogP contribution in [0.4, 0.5) is 0 Å². The van der Waals surface area contributed by atoms with Gasteiger partial charge in [0.1, 0.15) is 0 Å². The van der Waals surface area contributed by atoms with Gasteiger partial charge in [-0.05, 0) is 18.9 Å². The molecule has 0 bridgehead atoms. The second kappa shape index (κ2) is 7.04. The lowest BCUT2D eigenvalue weighted by Crippen LogP contribution is -2.29. The number of nitrogens with one attached hydrogen (secondary N) is 1. The molecule has 3 N–H and O–H groups in total. The van der Waals surface area contributed by atoms with Gasteiger partial charge >= 0.3 is 0 Å². The van der Waals surface area contributed by atoms with Gasteiger partial charge in [0.2, 0.25) is 0 Å². The number of pyridine rings is 1. The molecule has 0 radical (unpaired) electrons. The van der Waals surface area contributed by atoms with Crippen LogP contribution in [0.5, 0.6) is 0 Å². The van der Waals surface area contributed by atoms with Crippen LogP contribution in [0.3, 0.4) is 0 Å². The Kier molecular flexibility index (Phi) is 6.01. The summed E-state index contributed by atoms with van der Waals surface area (Å²) in [4.78, 5) is 4.18. The number of hydrazine groups is 1. The number of hydrogen-bond donors (Lipinski definition) is 2. The highest BCUT2D eigenvalue weighted by atomic mass is 35.5. The van der Waals surface area contributed by atoms with Crippen molar-refractivity contribution in [3.05, 3.63) is 28.0 Å². The van der Waals surface area contributed by atoms with Crippen LogP contribution in [0.15, 0.2) is 12.3 Å². The van der Waals surface area contributed by atoms with E-state index in [1.807, 2.05) is 0 Å². The molecule has 0 aliphatic carbocycles. The third-order valence-corrected chi connectivity index (χ3v) is 2.72. The summed E-state index contributed by atoms with van der Waals surface area (Å²) in [6.07, 6.45) is 3.24. The van der Waals surface area contributed by atoms with Crippen molar-refractivity contribution in [2.24, 2.45) is 5.84 Å². The molecule has 0 spiro atoms. The Hall–Kier alpha value is -0.390. The van der Waals surface area contributed by atoms with Gasteiger partial charge in [0.25, 0.3) is 0 Å². The summed E-state index contributed by atoms with van der Waals surface area (Å²) < 4.78 is 4.98. The summed E-state index contributed by atoms with van der Waals surface area (Å²) in [7, 11) is 1.67. The molecule has 0 amide bonds. The van der Waals surface area contributed by atoms with E-state index < -0.39 is 0 Å². The van der Waals surface area contributed by atoms with E-state index in [2.05, 4.69) is 10.4 Å². The molecule has 1 rings (SSSR count). The molecule has 1 unspecified atom stereocenters.